The molecule has 0 radical (unpaired) electrons. The van der Waals surface area contributed by atoms with Crippen LogP contribution in [0.15, 0.2) is 6.07 Å². The van der Waals surface area contributed by atoms with E-state index in [-0.39, 0.29) is 17.5 Å². The molecule has 0 saturated carbocycles. The fourth-order valence-electron chi connectivity index (χ4n) is 2.05. The van der Waals surface area contributed by atoms with E-state index in [1.165, 1.54) is 0 Å². The van der Waals surface area contributed by atoms with Crippen molar-refractivity contribution < 1.29 is 8.42 Å². The van der Waals surface area contributed by atoms with E-state index in [0.717, 1.165) is 17.8 Å². The number of hydrogen-bond acceptors (Lipinski definition) is 4. The SMILES string of the molecule is CCS(=O)(=O)CCCC(NC)c1cc(C)nn1C. The van der Waals surface area contributed by atoms with Gasteiger partial charge in [-0.15, -0.1) is 0 Å². The molecule has 0 saturated heterocycles. The lowest BCUT2D eigenvalue weighted by atomic mass is 10.1. The first kappa shape index (κ1) is 15.2. The molecule has 0 spiro atoms. The molecule has 1 unspecified atom stereocenters. The Hall–Kier alpha value is -0.880. The van der Waals surface area contributed by atoms with Crippen molar-refractivity contribution in [3.05, 3.63) is 17.5 Å². The number of hydrogen-bond donors (Lipinski definition) is 1. The van der Waals surface area contributed by atoms with Crippen molar-refractivity contribution in [2.24, 2.45) is 7.05 Å². The van der Waals surface area contributed by atoms with Crippen LogP contribution >= 0.6 is 0 Å². The summed E-state index contributed by atoms with van der Waals surface area (Å²) in [6, 6.07) is 2.19. The third-order valence-corrected chi connectivity index (χ3v) is 4.92. The van der Waals surface area contributed by atoms with E-state index in [0.29, 0.717) is 6.42 Å². The van der Waals surface area contributed by atoms with Gasteiger partial charge in [0.05, 0.1) is 17.1 Å². The Kier molecular flexibility index (Phi) is 5.34. The maximum Gasteiger partial charge on any atom is 0.150 e. The predicted octanol–water partition coefficient (Wildman–Crippen LogP) is 1.20. The van der Waals surface area contributed by atoms with E-state index in [4.69, 9.17) is 0 Å². The molecule has 0 amide bonds. The van der Waals surface area contributed by atoms with Gasteiger partial charge in [-0.1, -0.05) is 6.92 Å². The first-order valence-corrected chi connectivity index (χ1v) is 8.10. The second kappa shape index (κ2) is 6.33. The molecule has 0 aliphatic heterocycles. The Morgan fingerprint density at radius 2 is 2.17 bits per heavy atom. The van der Waals surface area contributed by atoms with Crippen molar-refractivity contribution in [3.63, 3.8) is 0 Å². The van der Waals surface area contributed by atoms with Gasteiger partial charge in [0, 0.05) is 18.8 Å². The fourth-order valence-corrected chi connectivity index (χ4v) is 2.94. The molecular formula is C12H23N3O2S. The molecule has 6 heteroatoms. The second-order valence-electron chi connectivity index (χ2n) is 4.55. The van der Waals surface area contributed by atoms with Crippen LogP contribution < -0.4 is 5.32 Å². The van der Waals surface area contributed by atoms with Gasteiger partial charge in [0.2, 0.25) is 0 Å². The zero-order valence-corrected chi connectivity index (χ0v) is 12.4. The minimum Gasteiger partial charge on any atom is -0.312 e. The number of sulfone groups is 1. The summed E-state index contributed by atoms with van der Waals surface area (Å²) in [6.07, 6.45) is 1.47. The minimum absolute atomic E-state index is 0.156. The molecular weight excluding hydrogens is 250 g/mol. The van der Waals surface area contributed by atoms with Crippen molar-refractivity contribution >= 4 is 9.84 Å². The summed E-state index contributed by atoms with van der Waals surface area (Å²) in [5, 5.41) is 7.53. The van der Waals surface area contributed by atoms with Gasteiger partial charge in [0.25, 0.3) is 0 Å². The highest BCUT2D eigenvalue weighted by atomic mass is 32.2. The molecule has 0 aliphatic rings. The summed E-state index contributed by atoms with van der Waals surface area (Å²) < 4.78 is 24.7. The normalized spacial score (nSPS) is 13.8. The maximum atomic E-state index is 11.4. The van der Waals surface area contributed by atoms with Crippen LogP contribution in [0.25, 0.3) is 0 Å². The highest BCUT2D eigenvalue weighted by Crippen LogP contribution is 2.19. The first-order chi connectivity index (χ1) is 8.39. The summed E-state index contributed by atoms with van der Waals surface area (Å²) in [5.74, 6) is 0.487. The van der Waals surface area contributed by atoms with Crippen LogP contribution in [-0.4, -0.2) is 36.8 Å². The van der Waals surface area contributed by atoms with E-state index in [1.807, 2.05) is 31.8 Å². The van der Waals surface area contributed by atoms with E-state index in [9.17, 15) is 8.42 Å². The van der Waals surface area contributed by atoms with Gasteiger partial charge < -0.3 is 5.32 Å². The van der Waals surface area contributed by atoms with Crippen molar-refractivity contribution in [3.8, 4) is 0 Å². The number of nitrogens with one attached hydrogen (secondary N) is 1. The molecule has 1 aromatic rings. The highest BCUT2D eigenvalue weighted by molar-refractivity contribution is 7.91. The van der Waals surface area contributed by atoms with Crippen LogP contribution in [0.1, 0.15) is 37.2 Å². The smallest absolute Gasteiger partial charge is 0.150 e. The molecule has 5 nitrogen and oxygen atoms in total. The highest BCUT2D eigenvalue weighted by Gasteiger charge is 2.15. The van der Waals surface area contributed by atoms with E-state index in [1.54, 1.807) is 6.92 Å². The standard InChI is InChI=1S/C12H23N3O2S/c1-5-18(16,17)8-6-7-11(13-3)12-9-10(2)14-15(12)4/h9,11,13H,5-8H2,1-4H3. The van der Waals surface area contributed by atoms with E-state index in [2.05, 4.69) is 10.4 Å². The molecule has 18 heavy (non-hydrogen) atoms. The number of nitrogens with zero attached hydrogens (tertiary/aromatic N) is 2. The summed E-state index contributed by atoms with van der Waals surface area (Å²) >= 11 is 0. The summed E-state index contributed by atoms with van der Waals surface area (Å²) in [4.78, 5) is 0. The van der Waals surface area contributed by atoms with Gasteiger partial charge >= 0.3 is 0 Å². The van der Waals surface area contributed by atoms with E-state index >= 15 is 0 Å². The van der Waals surface area contributed by atoms with Gasteiger partial charge in [-0.2, -0.15) is 5.10 Å². The number of aryl methyl sites for hydroxylation is 2. The minimum atomic E-state index is -2.86. The molecule has 0 aromatic carbocycles. The van der Waals surface area contributed by atoms with Gasteiger partial charge in [-0.05, 0) is 32.9 Å². The second-order valence-corrected chi connectivity index (χ2v) is 7.03. The van der Waals surface area contributed by atoms with Gasteiger partial charge in [-0.25, -0.2) is 8.42 Å². The maximum absolute atomic E-state index is 11.4. The summed E-state index contributed by atoms with van der Waals surface area (Å²) in [6.45, 7) is 3.65. The van der Waals surface area contributed by atoms with Crippen LogP contribution in [0.5, 0.6) is 0 Å². The Bertz CT molecular complexity index is 480. The number of rotatable bonds is 7. The summed E-state index contributed by atoms with van der Waals surface area (Å²) in [5.41, 5.74) is 2.08. The molecule has 0 bridgehead atoms. The molecule has 0 aliphatic carbocycles. The quantitative estimate of drug-likeness (QED) is 0.811. The average Bonchev–Trinajstić information content (AvgIpc) is 2.64. The zero-order valence-electron chi connectivity index (χ0n) is 11.6. The Morgan fingerprint density at radius 1 is 1.50 bits per heavy atom. The lowest BCUT2D eigenvalue weighted by molar-refractivity contribution is 0.498. The van der Waals surface area contributed by atoms with Crippen molar-refractivity contribution in [2.45, 2.75) is 32.7 Å². The van der Waals surface area contributed by atoms with Crippen LogP contribution in [0, 0.1) is 6.92 Å². The average molecular weight is 273 g/mol. The Balaban J connectivity index is 2.61. The topological polar surface area (TPSA) is 64.0 Å². The molecule has 1 aromatic heterocycles. The molecule has 1 atom stereocenters. The third kappa shape index (κ3) is 4.10. The first-order valence-electron chi connectivity index (χ1n) is 6.28. The monoisotopic (exact) mass is 273 g/mol. The molecule has 1 N–H and O–H groups in total. The molecule has 1 rings (SSSR count). The molecule has 104 valence electrons. The lowest BCUT2D eigenvalue weighted by Gasteiger charge is -2.16. The van der Waals surface area contributed by atoms with Crippen LogP contribution in [0.4, 0.5) is 0 Å². The van der Waals surface area contributed by atoms with Crippen LogP contribution in [0.2, 0.25) is 0 Å². The summed E-state index contributed by atoms with van der Waals surface area (Å²) in [7, 11) is 0.942. The van der Waals surface area contributed by atoms with Crippen LogP contribution in [0.3, 0.4) is 0 Å². The molecule has 0 fully saturated rings. The van der Waals surface area contributed by atoms with Gasteiger partial charge in [-0.3, -0.25) is 4.68 Å². The Labute approximate surface area is 109 Å². The zero-order chi connectivity index (χ0) is 13.8. The van der Waals surface area contributed by atoms with Gasteiger partial charge in [0.1, 0.15) is 9.84 Å². The molecule has 1 heterocycles. The van der Waals surface area contributed by atoms with Crippen molar-refractivity contribution in [1.29, 1.82) is 0 Å². The predicted molar refractivity (Wildman–Crippen MR) is 73.3 cm³/mol. The third-order valence-electron chi connectivity index (χ3n) is 3.13. The van der Waals surface area contributed by atoms with E-state index < -0.39 is 9.84 Å². The fraction of sp³-hybridized carbons (Fsp3) is 0.750. The van der Waals surface area contributed by atoms with Gasteiger partial charge in [0.15, 0.2) is 0 Å². The lowest BCUT2D eigenvalue weighted by Crippen LogP contribution is -2.20. The number of aromatic nitrogens is 2. The largest absolute Gasteiger partial charge is 0.312 e. The van der Waals surface area contributed by atoms with Crippen molar-refractivity contribution in [2.75, 3.05) is 18.6 Å². The van der Waals surface area contributed by atoms with Crippen molar-refractivity contribution in [1.82, 2.24) is 15.1 Å². The Morgan fingerprint density at radius 3 is 2.61 bits per heavy atom. The van der Waals surface area contributed by atoms with Crippen LogP contribution in [-0.2, 0) is 16.9 Å².